The van der Waals surface area contributed by atoms with Crippen molar-refractivity contribution in [1.29, 1.82) is 0 Å². The molecule has 0 atom stereocenters. The summed E-state index contributed by atoms with van der Waals surface area (Å²) in [6, 6.07) is 15.3. The maximum Gasteiger partial charge on any atom is 0.291 e. The van der Waals surface area contributed by atoms with Gasteiger partial charge in [-0.3, -0.25) is 19.7 Å². The van der Waals surface area contributed by atoms with Crippen molar-refractivity contribution in [2.24, 2.45) is 5.10 Å². The molecule has 0 radical (unpaired) electrons. The molecule has 1 heterocycles. The highest BCUT2D eigenvalue weighted by atomic mass is 16.6. The molecule has 9 nitrogen and oxygen atoms in total. The van der Waals surface area contributed by atoms with Crippen molar-refractivity contribution < 1.29 is 18.9 Å². The Morgan fingerprint density at radius 1 is 1.00 bits per heavy atom. The Morgan fingerprint density at radius 3 is 2.41 bits per heavy atom. The van der Waals surface area contributed by atoms with Crippen molar-refractivity contribution in [3.63, 3.8) is 0 Å². The normalized spacial score (nSPS) is 11.0. The molecule has 1 aromatic heterocycles. The summed E-state index contributed by atoms with van der Waals surface area (Å²) in [4.78, 5) is 34.3. The van der Waals surface area contributed by atoms with Gasteiger partial charge >= 0.3 is 0 Å². The number of amides is 2. The number of carbonyl (C=O) groups excluding carboxylic acids is 2. The Kier molecular flexibility index (Phi) is 5.79. The number of nitrogens with zero attached hydrogens (tertiary/aromatic N) is 2. The van der Waals surface area contributed by atoms with Crippen LogP contribution in [0.1, 0.15) is 33.4 Å². The number of nitrogens with one attached hydrogen (secondary N) is 2. The van der Waals surface area contributed by atoms with Crippen molar-refractivity contribution in [3.8, 4) is 0 Å². The van der Waals surface area contributed by atoms with Gasteiger partial charge in [-0.2, -0.15) is 5.10 Å². The molecule has 0 fully saturated rings. The number of nitro benzene ring substituents is 1. The zero-order valence-corrected chi connectivity index (χ0v) is 15.3. The minimum atomic E-state index is -0.540. The Labute approximate surface area is 165 Å². The summed E-state index contributed by atoms with van der Waals surface area (Å²) in [5, 5.41) is 17.4. The molecule has 146 valence electrons. The fourth-order valence-electron chi connectivity index (χ4n) is 2.42. The summed E-state index contributed by atoms with van der Waals surface area (Å²) in [6.07, 6.45) is 1.41. The summed E-state index contributed by atoms with van der Waals surface area (Å²) >= 11 is 0. The standard InChI is InChI=1S/C20H16N4O5/c1-13(22-23-19(25)14-7-9-17(10-8-14)24(27)28)15-4-2-5-16(12-15)21-20(26)18-6-3-11-29-18/h2-12H,1H3,(H,21,26)(H,23,25)/b22-13-. The van der Waals surface area contributed by atoms with Crippen molar-refractivity contribution in [3.05, 3.63) is 93.9 Å². The van der Waals surface area contributed by atoms with Gasteiger partial charge in [0.1, 0.15) is 0 Å². The van der Waals surface area contributed by atoms with Crippen LogP contribution in [0.4, 0.5) is 11.4 Å². The lowest BCUT2D eigenvalue weighted by Crippen LogP contribution is -2.19. The van der Waals surface area contributed by atoms with Gasteiger partial charge in [0.25, 0.3) is 17.5 Å². The monoisotopic (exact) mass is 392 g/mol. The molecule has 0 aliphatic carbocycles. The van der Waals surface area contributed by atoms with Crippen LogP contribution < -0.4 is 10.7 Å². The predicted molar refractivity (Wildman–Crippen MR) is 106 cm³/mol. The number of hydrogen-bond acceptors (Lipinski definition) is 6. The molecule has 0 unspecified atom stereocenters. The SMILES string of the molecule is C/C(=N/NC(=O)c1ccc([N+](=O)[O-])cc1)c1cccc(NC(=O)c2ccco2)c1. The third kappa shape index (κ3) is 4.92. The van der Waals surface area contributed by atoms with E-state index in [4.69, 9.17) is 4.42 Å². The number of carbonyl (C=O) groups is 2. The summed E-state index contributed by atoms with van der Waals surface area (Å²) in [5.74, 6) is -0.689. The Morgan fingerprint density at radius 2 is 1.76 bits per heavy atom. The highest BCUT2D eigenvalue weighted by Crippen LogP contribution is 2.14. The second-order valence-electron chi connectivity index (χ2n) is 5.95. The number of hydrazone groups is 1. The molecule has 0 spiro atoms. The molecule has 2 amide bonds. The van der Waals surface area contributed by atoms with E-state index in [0.717, 1.165) is 0 Å². The van der Waals surface area contributed by atoms with E-state index in [1.54, 1.807) is 43.3 Å². The van der Waals surface area contributed by atoms with Gasteiger partial charge in [-0.25, -0.2) is 5.43 Å². The zero-order valence-electron chi connectivity index (χ0n) is 15.3. The van der Waals surface area contributed by atoms with Crippen molar-refractivity contribution in [1.82, 2.24) is 5.43 Å². The van der Waals surface area contributed by atoms with E-state index in [9.17, 15) is 19.7 Å². The number of nitro groups is 1. The highest BCUT2D eigenvalue weighted by molar-refractivity contribution is 6.04. The predicted octanol–water partition coefficient (Wildman–Crippen LogP) is 3.59. The Balaban J connectivity index is 1.67. The molecule has 0 aliphatic heterocycles. The van der Waals surface area contributed by atoms with Gasteiger partial charge in [0, 0.05) is 23.4 Å². The van der Waals surface area contributed by atoms with E-state index in [0.29, 0.717) is 17.0 Å². The lowest BCUT2D eigenvalue weighted by Gasteiger charge is -2.07. The molecule has 2 aromatic carbocycles. The van der Waals surface area contributed by atoms with E-state index >= 15 is 0 Å². The number of non-ortho nitro benzene ring substituents is 1. The first kappa shape index (κ1) is 19.5. The number of anilines is 1. The maximum absolute atomic E-state index is 12.1. The largest absolute Gasteiger partial charge is 0.459 e. The Bertz CT molecular complexity index is 1070. The smallest absolute Gasteiger partial charge is 0.291 e. The molecule has 9 heteroatoms. The topological polar surface area (TPSA) is 127 Å². The van der Waals surface area contributed by atoms with E-state index in [-0.39, 0.29) is 22.9 Å². The Hall–Kier alpha value is -4.27. The van der Waals surface area contributed by atoms with Crippen LogP contribution in [0, 0.1) is 10.1 Å². The van der Waals surface area contributed by atoms with E-state index in [1.807, 2.05) is 0 Å². The van der Waals surface area contributed by atoms with Crippen molar-refractivity contribution >= 4 is 28.9 Å². The molecule has 0 saturated carbocycles. The van der Waals surface area contributed by atoms with Crippen LogP contribution in [-0.2, 0) is 0 Å². The molecular formula is C20H16N4O5. The molecule has 3 rings (SSSR count). The van der Waals surface area contributed by atoms with Gasteiger partial charge in [0.2, 0.25) is 0 Å². The number of rotatable bonds is 6. The lowest BCUT2D eigenvalue weighted by atomic mass is 10.1. The van der Waals surface area contributed by atoms with Gasteiger partial charge in [-0.15, -0.1) is 0 Å². The quantitative estimate of drug-likeness (QED) is 0.376. The van der Waals surface area contributed by atoms with Crippen LogP contribution in [-0.4, -0.2) is 22.4 Å². The van der Waals surface area contributed by atoms with Gasteiger partial charge in [0.15, 0.2) is 5.76 Å². The minimum Gasteiger partial charge on any atom is -0.459 e. The van der Waals surface area contributed by atoms with Crippen LogP contribution in [0.3, 0.4) is 0 Å². The van der Waals surface area contributed by atoms with Gasteiger partial charge in [0.05, 0.1) is 16.9 Å². The van der Waals surface area contributed by atoms with Crippen LogP contribution >= 0.6 is 0 Å². The number of benzene rings is 2. The van der Waals surface area contributed by atoms with Crippen LogP contribution in [0.15, 0.2) is 76.4 Å². The van der Waals surface area contributed by atoms with Crippen LogP contribution in [0.25, 0.3) is 0 Å². The molecule has 3 aromatic rings. The van der Waals surface area contributed by atoms with E-state index in [1.165, 1.54) is 30.5 Å². The fraction of sp³-hybridized carbons (Fsp3) is 0.0500. The molecule has 0 aliphatic rings. The van der Waals surface area contributed by atoms with Gasteiger partial charge < -0.3 is 9.73 Å². The second-order valence-corrected chi connectivity index (χ2v) is 5.95. The first-order chi connectivity index (χ1) is 13.9. The first-order valence-electron chi connectivity index (χ1n) is 8.48. The second kappa shape index (κ2) is 8.61. The average molecular weight is 392 g/mol. The van der Waals surface area contributed by atoms with Gasteiger partial charge in [-0.05, 0) is 48.9 Å². The highest BCUT2D eigenvalue weighted by Gasteiger charge is 2.11. The minimum absolute atomic E-state index is 0.102. The van der Waals surface area contributed by atoms with Crippen LogP contribution in [0.5, 0.6) is 0 Å². The summed E-state index contributed by atoms with van der Waals surface area (Å²) in [5.41, 5.74) is 4.28. The molecule has 29 heavy (non-hydrogen) atoms. The first-order valence-corrected chi connectivity index (χ1v) is 8.48. The fourth-order valence-corrected chi connectivity index (χ4v) is 2.42. The molecule has 0 bridgehead atoms. The summed E-state index contributed by atoms with van der Waals surface area (Å²) in [7, 11) is 0. The van der Waals surface area contributed by atoms with Crippen molar-refractivity contribution in [2.75, 3.05) is 5.32 Å². The third-order valence-electron chi connectivity index (χ3n) is 3.95. The van der Waals surface area contributed by atoms with Crippen LogP contribution in [0.2, 0.25) is 0 Å². The molecule has 2 N–H and O–H groups in total. The lowest BCUT2D eigenvalue weighted by molar-refractivity contribution is -0.384. The summed E-state index contributed by atoms with van der Waals surface area (Å²) < 4.78 is 5.05. The average Bonchev–Trinajstić information content (AvgIpc) is 3.27. The molecular weight excluding hydrogens is 376 g/mol. The van der Waals surface area contributed by atoms with Crippen molar-refractivity contribution in [2.45, 2.75) is 6.92 Å². The summed E-state index contributed by atoms with van der Waals surface area (Å²) in [6.45, 7) is 1.70. The molecule has 0 saturated heterocycles. The van der Waals surface area contributed by atoms with Gasteiger partial charge in [-0.1, -0.05) is 12.1 Å². The maximum atomic E-state index is 12.1. The number of hydrogen-bond donors (Lipinski definition) is 2. The zero-order chi connectivity index (χ0) is 20.8. The van der Waals surface area contributed by atoms with E-state index < -0.39 is 10.8 Å². The number of furan rings is 1. The van der Waals surface area contributed by atoms with E-state index in [2.05, 4.69) is 15.8 Å². The third-order valence-corrected chi connectivity index (χ3v) is 3.95.